The first-order chi connectivity index (χ1) is 13.5. The van der Waals surface area contributed by atoms with Gasteiger partial charge in [-0.05, 0) is 37.6 Å². The number of carbonyl (C=O) groups excluding carboxylic acids is 1. The lowest BCUT2D eigenvalue weighted by atomic mass is 10.1. The normalized spacial score (nSPS) is 12.2. The fourth-order valence-electron chi connectivity index (χ4n) is 3.54. The van der Waals surface area contributed by atoms with E-state index in [4.69, 9.17) is 4.42 Å². The fourth-order valence-corrected chi connectivity index (χ4v) is 3.54. The van der Waals surface area contributed by atoms with Gasteiger partial charge in [0.25, 0.3) is 5.91 Å². The second-order valence-corrected chi connectivity index (χ2v) is 7.06. The zero-order valence-corrected chi connectivity index (χ0v) is 16.3. The maximum atomic E-state index is 13.4. The van der Waals surface area contributed by atoms with Gasteiger partial charge in [-0.25, -0.2) is 0 Å². The Hall–Kier alpha value is -3.34. The number of aryl methyl sites for hydroxylation is 2. The molecule has 0 aliphatic carbocycles. The number of fused-ring (bicyclic) bond motifs is 1. The van der Waals surface area contributed by atoms with Gasteiger partial charge in [0.05, 0.1) is 18.3 Å². The van der Waals surface area contributed by atoms with Gasteiger partial charge in [0, 0.05) is 12.4 Å². The van der Waals surface area contributed by atoms with E-state index in [1.54, 1.807) is 11.7 Å². The molecule has 0 radical (unpaired) electrons. The quantitative estimate of drug-likeness (QED) is 0.501. The van der Waals surface area contributed by atoms with E-state index in [9.17, 15) is 4.79 Å². The number of nitrogens with zero attached hydrogens (tertiary/aromatic N) is 3. The summed E-state index contributed by atoms with van der Waals surface area (Å²) in [4.78, 5) is 15.3. The second-order valence-electron chi connectivity index (χ2n) is 7.06. The van der Waals surface area contributed by atoms with Crippen LogP contribution in [0.4, 0.5) is 0 Å². The molecule has 2 aromatic carbocycles. The summed E-state index contributed by atoms with van der Waals surface area (Å²) >= 11 is 0. The van der Waals surface area contributed by atoms with E-state index in [2.05, 4.69) is 5.10 Å². The summed E-state index contributed by atoms with van der Waals surface area (Å²) in [7, 11) is 1.80. The lowest BCUT2D eigenvalue weighted by molar-refractivity contribution is 0.0648. The third-order valence-corrected chi connectivity index (χ3v) is 5.03. The van der Waals surface area contributed by atoms with Gasteiger partial charge < -0.3 is 9.32 Å². The van der Waals surface area contributed by atoms with Crippen LogP contribution in [0.15, 0.2) is 71.1 Å². The summed E-state index contributed by atoms with van der Waals surface area (Å²) in [5.74, 6) is 0.691. The average molecular weight is 373 g/mol. The molecule has 5 nitrogen and oxygen atoms in total. The molecule has 5 heteroatoms. The smallest absolute Gasteiger partial charge is 0.273 e. The Kier molecular flexibility index (Phi) is 4.74. The van der Waals surface area contributed by atoms with Crippen LogP contribution in [0.3, 0.4) is 0 Å². The van der Waals surface area contributed by atoms with Gasteiger partial charge >= 0.3 is 0 Å². The Balaban J connectivity index is 1.72. The van der Waals surface area contributed by atoms with Crippen LogP contribution in [-0.4, -0.2) is 20.6 Å². The summed E-state index contributed by atoms with van der Waals surface area (Å²) in [5.41, 5.74) is 3.29. The zero-order valence-electron chi connectivity index (χ0n) is 16.3. The van der Waals surface area contributed by atoms with Gasteiger partial charge in [-0.15, -0.1) is 0 Å². The number of rotatable bonds is 5. The molecule has 2 heterocycles. The Morgan fingerprint density at radius 2 is 1.82 bits per heavy atom. The largest absolute Gasteiger partial charge is 0.459 e. The van der Waals surface area contributed by atoms with Gasteiger partial charge in [0.15, 0.2) is 0 Å². The summed E-state index contributed by atoms with van der Waals surface area (Å²) in [6.07, 6.45) is 0. The molecule has 1 amide bonds. The van der Waals surface area contributed by atoms with E-state index in [0.29, 0.717) is 12.2 Å². The number of carbonyl (C=O) groups is 1. The molecule has 0 bridgehead atoms. The maximum absolute atomic E-state index is 13.4. The Morgan fingerprint density at radius 1 is 1.11 bits per heavy atom. The van der Waals surface area contributed by atoms with E-state index in [0.717, 1.165) is 28.0 Å². The van der Waals surface area contributed by atoms with Crippen molar-refractivity contribution >= 4 is 16.9 Å². The highest BCUT2D eigenvalue weighted by Crippen LogP contribution is 2.27. The minimum Gasteiger partial charge on any atom is -0.459 e. The van der Waals surface area contributed by atoms with E-state index in [1.165, 1.54) is 0 Å². The fraction of sp³-hybridized carbons (Fsp3) is 0.217. The highest BCUT2D eigenvalue weighted by molar-refractivity contribution is 5.93. The lowest BCUT2D eigenvalue weighted by Crippen LogP contribution is -2.34. The van der Waals surface area contributed by atoms with Crippen molar-refractivity contribution in [1.82, 2.24) is 14.7 Å². The number of hydrogen-bond donors (Lipinski definition) is 0. The molecule has 1 atom stereocenters. The van der Waals surface area contributed by atoms with Crippen LogP contribution in [-0.2, 0) is 13.6 Å². The highest BCUT2D eigenvalue weighted by atomic mass is 16.3. The van der Waals surface area contributed by atoms with Gasteiger partial charge in [-0.1, -0.05) is 48.5 Å². The first-order valence-corrected chi connectivity index (χ1v) is 9.37. The number of furan rings is 1. The van der Waals surface area contributed by atoms with Crippen molar-refractivity contribution in [2.75, 3.05) is 0 Å². The molecule has 0 saturated carbocycles. The van der Waals surface area contributed by atoms with Crippen LogP contribution in [0.5, 0.6) is 0 Å². The summed E-state index contributed by atoms with van der Waals surface area (Å²) in [5, 5.41) is 5.37. The van der Waals surface area contributed by atoms with E-state index in [1.807, 2.05) is 85.5 Å². The van der Waals surface area contributed by atoms with Crippen molar-refractivity contribution in [3.8, 4) is 0 Å². The number of amides is 1. The van der Waals surface area contributed by atoms with Crippen LogP contribution in [0.2, 0.25) is 0 Å². The molecule has 0 fully saturated rings. The van der Waals surface area contributed by atoms with E-state index in [-0.39, 0.29) is 11.9 Å². The van der Waals surface area contributed by atoms with Crippen LogP contribution in [0, 0.1) is 6.92 Å². The summed E-state index contributed by atoms with van der Waals surface area (Å²) < 4.78 is 7.63. The molecular weight excluding hydrogens is 350 g/mol. The number of para-hydroxylation sites is 1. The molecule has 0 aliphatic heterocycles. The molecule has 4 aromatic rings. The number of hydrogen-bond acceptors (Lipinski definition) is 3. The molecule has 0 spiro atoms. The van der Waals surface area contributed by atoms with Gasteiger partial charge in [-0.2, -0.15) is 5.10 Å². The molecule has 0 aliphatic rings. The van der Waals surface area contributed by atoms with Gasteiger partial charge in [0.2, 0.25) is 0 Å². The molecule has 0 N–H and O–H groups in total. The zero-order chi connectivity index (χ0) is 19.7. The van der Waals surface area contributed by atoms with Gasteiger partial charge in [-0.3, -0.25) is 9.48 Å². The SMILES string of the molecule is Cc1cc(C(=O)N(Cc2cc3ccccc3o2)[C@@H](C)c2ccccc2)n(C)n1. The van der Waals surface area contributed by atoms with Crippen molar-refractivity contribution in [1.29, 1.82) is 0 Å². The average Bonchev–Trinajstić information content (AvgIpc) is 3.27. The van der Waals surface area contributed by atoms with Crippen LogP contribution < -0.4 is 0 Å². The third-order valence-electron chi connectivity index (χ3n) is 5.03. The second kappa shape index (κ2) is 7.35. The minimum absolute atomic E-state index is 0.0695. The standard InChI is InChI=1S/C23H23N3O2/c1-16-13-21(25(3)24-16)23(27)26(17(2)18-9-5-4-6-10-18)15-20-14-19-11-7-8-12-22(19)28-20/h4-14,17H,15H2,1-3H3/t17-/m0/s1. The van der Waals surface area contributed by atoms with Crippen molar-refractivity contribution in [2.24, 2.45) is 7.05 Å². The van der Waals surface area contributed by atoms with E-state index >= 15 is 0 Å². The van der Waals surface area contributed by atoms with Crippen molar-refractivity contribution in [3.05, 3.63) is 89.4 Å². The molecule has 2 aromatic heterocycles. The molecule has 0 saturated heterocycles. The maximum Gasteiger partial charge on any atom is 0.273 e. The Bertz CT molecular complexity index is 1080. The number of aromatic nitrogens is 2. The topological polar surface area (TPSA) is 51.3 Å². The highest BCUT2D eigenvalue weighted by Gasteiger charge is 2.26. The van der Waals surface area contributed by atoms with Crippen molar-refractivity contribution < 1.29 is 9.21 Å². The Labute approximate surface area is 164 Å². The monoisotopic (exact) mass is 373 g/mol. The van der Waals surface area contributed by atoms with E-state index < -0.39 is 0 Å². The number of benzene rings is 2. The van der Waals surface area contributed by atoms with Crippen LogP contribution >= 0.6 is 0 Å². The molecular formula is C23H23N3O2. The van der Waals surface area contributed by atoms with Crippen LogP contribution in [0.1, 0.15) is 40.5 Å². The Morgan fingerprint density at radius 3 is 2.50 bits per heavy atom. The predicted octanol–water partition coefficient (Wildman–Crippen LogP) is 4.88. The van der Waals surface area contributed by atoms with Crippen LogP contribution in [0.25, 0.3) is 11.0 Å². The molecule has 0 unspecified atom stereocenters. The van der Waals surface area contributed by atoms with Crippen molar-refractivity contribution in [2.45, 2.75) is 26.4 Å². The first-order valence-electron chi connectivity index (χ1n) is 9.37. The van der Waals surface area contributed by atoms with Gasteiger partial charge in [0.1, 0.15) is 17.0 Å². The first kappa shape index (κ1) is 18.0. The summed E-state index contributed by atoms with van der Waals surface area (Å²) in [6, 6.07) is 21.6. The molecule has 28 heavy (non-hydrogen) atoms. The lowest BCUT2D eigenvalue weighted by Gasteiger charge is -2.29. The third kappa shape index (κ3) is 3.43. The molecule has 142 valence electrons. The van der Waals surface area contributed by atoms with Crippen molar-refractivity contribution in [3.63, 3.8) is 0 Å². The molecule has 4 rings (SSSR count). The minimum atomic E-state index is -0.114. The predicted molar refractivity (Wildman–Crippen MR) is 109 cm³/mol. The summed E-state index contributed by atoms with van der Waals surface area (Å²) in [6.45, 7) is 4.31.